The largest absolute Gasteiger partial charge is 0.396 e. The van der Waals surface area contributed by atoms with Crippen molar-refractivity contribution < 1.29 is 19.8 Å². The number of fused-ring (bicyclic) bond motifs is 1. The van der Waals surface area contributed by atoms with Crippen molar-refractivity contribution in [2.45, 2.75) is 51.2 Å². The third-order valence-electron chi connectivity index (χ3n) is 6.76. The van der Waals surface area contributed by atoms with E-state index in [0.717, 1.165) is 18.5 Å². The summed E-state index contributed by atoms with van der Waals surface area (Å²) < 4.78 is 1.71. The summed E-state index contributed by atoms with van der Waals surface area (Å²) in [4.78, 5) is 29.2. The smallest absolute Gasteiger partial charge is 0.264 e. The maximum absolute atomic E-state index is 13.5. The lowest BCUT2D eigenvalue weighted by molar-refractivity contribution is -0.139. The Kier molecular flexibility index (Phi) is 7.47. The van der Waals surface area contributed by atoms with Crippen LogP contribution in [0.2, 0.25) is 0 Å². The zero-order chi connectivity index (χ0) is 25.0. The fraction of sp³-hybridized carbons (Fsp3) is 0.462. The Balaban J connectivity index is 1.56. The first-order valence-electron chi connectivity index (χ1n) is 12.2. The molecule has 2 amide bonds. The van der Waals surface area contributed by atoms with Crippen molar-refractivity contribution in [3.63, 3.8) is 0 Å². The van der Waals surface area contributed by atoms with E-state index in [1.54, 1.807) is 32.8 Å². The van der Waals surface area contributed by atoms with E-state index in [1.807, 2.05) is 31.2 Å². The topological polar surface area (TPSA) is 112 Å². The van der Waals surface area contributed by atoms with Gasteiger partial charge in [-0.05, 0) is 37.5 Å². The molecule has 0 radical (unpaired) electrons. The van der Waals surface area contributed by atoms with Crippen molar-refractivity contribution >= 4 is 23.2 Å². The first-order chi connectivity index (χ1) is 16.9. The van der Waals surface area contributed by atoms with Gasteiger partial charge in [0.05, 0.1) is 11.4 Å². The summed E-state index contributed by atoms with van der Waals surface area (Å²) in [5, 5.41) is 28.9. The average Bonchev–Trinajstić information content (AvgIpc) is 3.39. The van der Waals surface area contributed by atoms with Crippen LogP contribution >= 0.6 is 0 Å². The zero-order valence-electron chi connectivity index (χ0n) is 20.1. The molecule has 4 rings (SSSR count). The number of amides is 2. The lowest BCUT2D eigenvalue weighted by Gasteiger charge is -2.30. The average molecular weight is 480 g/mol. The van der Waals surface area contributed by atoms with Gasteiger partial charge in [0.2, 0.25) is 5.91 Å². The minimum Gasteiger partial charge on any atom is -0.396 e. The Morgan fingerprint density at radius 2 is 2.11 bits per heavy atom. The number of piperidine rings is 1. The van der Waals surface area contributed by atoms with Crippen LogP contribution in [0.1, 0.15) is 43.9 Å². The number of carbonyl (C=O) groups is 2. The highest BCUT2D eigenvalue weighted by molar-refractivity contribution is 6.08. The molecule has 35 heavy (non-hydrogen) atoms. The Morgan fingerprint density at radius 1 is 1.29 bits per heavy atom. The van der Waals surface area contributed by atoms with Gasteiger partial charge in [-0.3, -0.25) is 14.3 Å². The van der Waals surface area contributed by atoms with Gasteiger partial charge in [0.15, 0.2) is 5.60 Å². The molecule has 0 spiro atoms. The monoisotopic (exact) mass is 479 g/mol. The van der Waals surface area contributed by atoms with Gasteiger partial charge in [-0.1, -0.05) is 30.4 Å². The Morgan fingerprint density at radius 3 is 2.86 bits per heavy atom. The van der Waals surface area contributed by atoms with E-state index in [4.69, 9.17) is 5.11 Å². The first-order valence-corrected chi connectivity index (χ1v) is 12.2. The van der Waals surface area contributed by atoms with E-state index < -0.39 is 17.4 Å². The number of nitrogens with zero attached hydrogens (tertiary/aromatic N) is 5. The van der Waals surface area contributed by atoms with Crippen LogP contribution in [-0.4, -0.2) is 56.7 Å². The molecule has 186 valence electrons. The van der Waals surface area contributed by atoms with Crippen molar-refractivity contribution in [1.82, 2.24) is 15.0 Å². The van der Waals surface area contributed by atoms with Crippen LogP contribution < -0.4 is 9.80 Å². The van der Waals surface area contributed by atoms with Crippen molar-refractivity contribution in [3.05, 3.63) is 60.5 Å². The molecule has 0 aliphatic carbocycles. The molecule has 3 heterocycles. The van der Waals surface area contributed by atoms with E-state index >= 15 is 0 Å². The van der Waals surface area contributed by atoms with Crippen LogP contribution in [0.3, 0.4) is 0 Å². The van der Waals surface area contributed by atoms with E-state index in [2.05, 4.69) is 16.9 Å². The van der Waals surface area contributed by atoms with Crippen LogP contribution in [0.5, 0.6) is 0 Å². The van der Waals surface area contributed by atoms with Crippen LogP contribution in [0, 0.1) is 5.92 Å². The number of carbonyl (C=O) groups excluding carboxylic acids is 2. The number of aromatic nitrogens is 3. The number of aryl methyl sites for hydroxylation is 1. The molecule has 0 saturated carbocycles. The summed E-state index contributed by atoms with van der Waals surface area (Å²) in [5.74, 6) is -0.830. The predicted octanol–water partition coefficient (Wildman–Crippen LogP) is 2.33. The third-order valence-corrected chi connectivity index (χ3v) is 6.76. The number of hydrogen-bond acceptors (Lipinski definition) is 6. The molecule has 1 aromatic heterocycles. The number of rotatable bonds is 10. The zero-order valence-corrected chi connectivity index (χ0v) is 20.1. The molecule has 0 unspecified atom stereocenters. The number of anilines is 2. The molecule has 2 atom stereocenters. The second kappa shape index (κ2) is 10.5. The summed E-state index contributed by atoms with van der Waals surface area (Å²) in [7, 11) is 0. The molecule has 1 fully saturated rings. The SMILES string of the molecule is C=CCN1C(=O)[C@](O)([C@H](C)/C=C/CCn2cc(CCO)nn2)c2cc(N3CCCCC3=O)ccc21. The van der Waals surface area contributed by atoms with E-state index in [-0.39, 0.29) is 19.1 Å². The Bertz CT molecular complexity index is 1130. The molecule has 2 aliphatic rings. The quantitative estimate of drug-likeness (QED) is 0.506. The number of aliphatic hydroxyl groups is 2. The van der Waals surface area contributed by atoms with Gasteiger partial charge in [-0.2, -0.15) is 0 Å². The summed E-state index contributed by atoms with van der Waals surface area (Å²) >= 11 is 0. The summed E-state index contributed by atoms with van der Waals surface area (Å²) in [5.41, 5.74) is 0.858. The number of aliphatic hydroxyl groups excluding tert-OH is 1. The summed E-state index contributed by atoms with van der Waals surface area (Å²) in [6.45, 7) is 7.12. The van der Waals surface area contributed by atoms with Gasteiger partial charge in [0, 0.05) is 62.4 Å². The Hall–Kier alpha value is -3.30. The van der Waals surface area contributed by atoms with Crippen LogP contribution in [0.4, 0.5) is 11.4 Å². The molecule has 9 nitrogen and oxygen atoms in total. The van der Waals surface area contributed by atoms with E-state index in [1.165, 1.54) is 0 Å². The van der Waals surface area contributed by atoms with Crippen molar-refractivity contribution in [1.29, 1.82) is 0 Å². The fourth-order valence-electron chi connectivity index (χ4n) is 4.82. The second-order valence-corrected chi connectivity index (χ2v) is 9.13. The fourth-order valence-corrected chi connectivity index (χ4v) is 4.82. The lowest BCUT2D eigenvalue weighted by Crippen LogP contribution is -2.44. The summed E-state index contributed by atoms with van der Waals surface area (Å²) in [6, 6.07) is 5.46. The van der Waals surface area contributed by atoms with E-state index in [9.17, 15) is 14.7 Å². The van der Waals surface area contributed by atoms with Crippen molar-refractivity contribution in [2.75, 3.05) is 29.5 Å². The molecular formula is C26H33N5O4. The highest BCUT2D eigenvalue weighted by Crippen LogP contribution is 2.46. The van der Waals surface area contributed by atoms with Crippen LogP contribution in [0.25, 0.3) is 0 Å². The molecule has 0 bridgehead atoms. The normalized spacial score (nSPS) is 21.1. The van der Waals surface area contributed by atoms with E-state index in [0.29, 0.717) is 49.3 Å². The standard InChI is InChI=1S/C26H33N5O4/c1-3-13-31-23-11-10-21(30-15-7-5-9-24(30)33)17-22(23)26(35,25(31)34)19(2)8-4-6-14-29-18-20(12-16-32)27-28-29/h3-4,8,10-11,17-19,32,35H,1,5-7,9,12-16H2,2H3/b8-4+/t19-,26+/m1/s1. The van der Waals surface area contributed by atoms with Crippen molar-refractivity contribution in [2.24, 2.45) is 5.92 Å². The van der Waals surface area contributed by atoms with Gasteiger partial charge in [-0.25, -0.2) is 0 Å². The lowest BCUT2D eigenvalue weighted by atomic mass is 9.82. The third kappa shape index (κ3) is 4.78. The molecule has 2 aromatic rings. The summed E-state index contributed by atoms with van der Waals surface area (Å²) in [6.07, 6.45) is 10.6. The molecule has 1 saturated heterocycles. The Labute approximate surface area is 205 Å². The predicted molar refractivity (Wildman–Crippen MR) is 133 cm³/mol. The molecule has 2 aliphatic heterocycles. The minimum absolute atomic E-state index is 0.0285. The molecule has 1 aromatic carbocycles. The number of hydrogen-bond donors (Lipinski definition) is 2. The van der Waals surface area contributed by atoms with Gasteiger partial charge < -0.3 is 20.0 Å². The molecule has 2 N–H and O–H groups in total. The number of benzene rings is 1. The first kappa shape index (κ1) is 24.8. The minimum atomic E-state index is -1.74. The van der Waals surface area contributed by atoms with Gasteiger partial charge >= 0.3 is 0 Å². The molecular weight excluding hydrogens is 446 g/mol. The van der Waals surface area contributed by atoms with Gasteiger partial charge in [0.1, 0.15) is 0 Å². The maximum Gasteiger partial charge on any atom is 0.264 e. The highest BCUT2D eigenvalue weighted by Gasteiger charge is 2.52. The second-order valence-electron chi connectivity index (χ2n) is 9.13. The molecule has 9 heteroatoms. The van der Waals surface area contributed by atoms with Crippen LogP contribution in [0.15, 0.2) is 49.2 Å². The van der Waals surface area contributed by atoms with Gasteiger partial charge in [-0.15, -0.1) is 11.7 Å². The number of allylic oxidation sites excluding steroid dienone is 1. The highest BCUT2D eigenvalue weighted by atomic mass is 16.3. The van der Waals surface area contributed by atoms with Gasteiger partial charge in [0.25, 0.3) is 5.91 Å². The maximum atomic E-state index is 13.5. The van der Waals surface area contributed by atoms with Crippen molar-refractivity contribution in [3.8, 4) is 0 Å². The van der Waals surface area contributed by atoms with Crippen LogP contribution in [-0.2, 0) is 28.2 Å².